The van der Waals surface area contributed by atoms with Crippen molar-refractivity contribution in [3.8, 4) is 5.75 Å². The van der Waals surface area contributed by atoms with Crippen LogP contribution in [0.3, 0.4) is 0 Å². The summed E-state index contributed by atoms with van der Waals surface area (Å²) >= 11 is 14.0. The van der Waals surface area contributed by atoms with Crippen molar-refractivity contribution in [2.24, 2.45) is 0 Å². The van der Waals surface area contributed by atoms with Crippen LogP contribution in [0.5, 0.6) is 5.75 Å². The molecule has 1 fully saturated rings. The number of ether oxygens (including phenoxy) is 1. The van der Waals surface area contributed by atoms with Crippen molar-refractivity contribution in [2.45, 2.75) is 6.61 Å². The van der Waals surface area contributed by atoms with Crippen LogP contribution in [0.2, 0.25) is 0 Å². The highest BCUT2D eigenvalue weighted by molar-refractivity contribution is 9.11. The Morgan fingerprint density at radius 3 is 2.29 bits per heavy atom. The number of hydrogen-bond acceptors (Lipinski definition) is 4. The lowest BCUT2D eigenvalue weighted by molar-refractivity contribution is -0.113. The molecule has 0 atom stereocenters. The molecule has 3 nitrogen and oxygen atoms in total. The first-order valence-corrected chi connectivity index (χ1v) is 13.2. The summed E-state index contributed by atoms with van der Waals surface area (Å²) in [7, 11) is 0. The van der Waals surface area contributed by atoms with Gasteiger partial charge in [0.1, 0.15) is 12.4 Å². The zero-order valence-corrected chi connectivity index (χ0v) is 22.5. The van der Waals surface area contributed by atoms with Gasteiger partial charge < -0.3 is 4.74 Å². The monoisotopic (exact) mass is 609 g/mol. The van der Waals surface area contributed by atoms with E-state index >= 15 is 0 Å². The second kappa shape index (κ2) is 10.0. The first-order chi connectivity index (χ1) is 16.5. The van der Waals surface area contributed by atoms with E-state index in [0.717, 1.165) is 25.8 Å². The topological polar surface area (TPSA) is 29.5 Å². The summed E-state index contributed by atoms with van der Waals surface area (Å²) in [5, 5.41) is 2.39. The van der Waals surface area contributed by atoms with Gasteiger partial charge in [0.15, 0.2) is 4.32 Å². The third-order valence-corrected chi connectivity index (χ3v) is 7.80. The number of halogens is 2. The molecular formula is C27H17Br2NO2S2. The molecule has 1 saturated heterocycles. The molecule has 0 N–H and O–H groups in total. The maximum atomic E-state index is 13.0. The minimum Gasteiger partial charge on any atom is -0.487 e. The Hall–Kier alpha value is -2.45. The molecule has 1 heterocycles. The highest BCUT2D eigenvalue weighted by Crippen LogP contribution is 2.39. The Balaban J connectivity index is 1.35. The van der Waals surface area contributed by atoms with Crippen LogP contribution in [0, 0.1) is 0 Å². The van der Waals surface area contributed by atoms with Gasteiger partial charge in [0.2, 0.25) is 0 Å². The number of thioether (sulfide) groups is 1. The van der Waals surface area contributed by atoms with E-state index in [1.807, 2.05) is 60.7 Å². The number of nitrogens with zero attached hydrogens (tertiary/aromatic N) is 1. The van der Waals surface area contributed by atoms with E-state index in [4.69, 9.17) is 17.0 Å². The molecule has 0 bridgehead atoms. The fourth-order valence-electron chi connectivity index (χ4n) is 3.70. The molecular weight excluding hydrogens is 594 g/mol. The summed E-state index contributed by atoms with van der Waals surface area (Å²) in [5.74, 6) is 0.590. The third kappa shape index (κ3) is 4.84. The maximum absolute atomic E-state index is 13.0. The molecule has 1 aliphatic rings. The summed E-state index contributed by atoms with van der Waals surface area (Å²) in [6.07, 6.45) is 1.85. The lowest BCUT2D eigenvalue weighted by Gasteiger charge is -2.14. The molecule has 0 spiro atoms. The second-order valence-electron chi connectivity index (χ2n) is 7.64. The van der Waals surface area contributed by atoms with Crippen LogP contribution in [0.15, 0.2) is 98.8 Å². The van der Waals surface area contributed by atoms with Crippen molar-refractivity contribution in [1.29, 1.82) is 0 Å². The van der Waals surface area contributed by atoms with E-state index in [0.29, 0.717) is 21.6 Å². The molecule has 0 aliphatic carbocycles. The summed E-state index contributed by atoms with van der Waals surface area (Å²) in [6, 6.07) is 27.9. The molecule has 5 rings (SSSR count). The van der Waals surface area contributed by atoms with E-state index < -0.39 is 0 Å². The Bertz CT molecular complexity index is 1430. The summed E-state index contributed by atoms with van der Waals surface area (Å²) in [5.41, 5.74) is 2.73. The van der Waals surface area contributed by atoms with Gasteiger partial charge in [-0.1, -0.05) is 78.6 Å². The van der Waals surface area contributed by atoms with Gasteiger partial charge in [-0.3, -0.25) is 9.69 Å². The lowest BCUT2D eigenvalue weighted by atomic mass is 10.1. The molecule has 0 radical (unpaired) electrons. The molecule has 0 aromatic heterocycles. The molecule has 7 heteroatoms. The van der Waals surface area contributed by atoms with Crippen LogP contribution in [0.4, 0.5) is 5.69 Å². The summed E-state index contributed by atoms with van der Waals surface area (Å²) in [6.45, 7) is 0.442. The standard InChI is InChI=1S/C27H17Br2NO2S2/c28-22-13-18(15-24-26(31)30(27(33)34-24)21-8-2-1-3-9-21)14-23(29)25(22)32-16-17-10-11-19-6-4-5-7-20(19)12-17/h1-15H,16H2/b24-15+. The van der Waals surface area contributed by atoms with Crippen molar-refractivity contribution in [3.63, 3.8) is 0 Å². The highest BCUT2D eigenvalue weighted by Gasteiger charge is 2.33. The SMILES string of the molecule is O=C1/C(=C\c2cc(Br)c(OCc3ccc4ccccc4c3)c(Br)c2)SC(=S)N1c1ccccc1. The fraction of sp³-hybridized carbons (Fsp3) is 0.0370. The Morgan fingerprint density at radius 1 is 0.882 bits per heavy atom. The predicted molar refractivity (Wildman–Crippen MR) is 152 cm³/mol. The van der Waals surface area contributed by atoms with Crippen molar-refractivity contribution in [1.82, 2.24) is 0 Å². The first kappa shape index (κ1) is 23.3. The normalized spacial score (nSPS) is 14.9. The number of benzene rings is 4. The predicted octanol–water partition coefficient (Wildman–Crippen LogP) is 8.35. The number of rotatable bonds is 5. The molecule has 1 amide bonds. The van der Waals surface area contributed by atoms with Gasteiger partial charge in [-0.25, -0.2) is 0 Å². The van der Waals surface area contributed by atoms with E-state index in [-0.39, 0.29) is 5.91 Å². The Kier molecular flexibility index (Phi) is 6.88. The van der Waals surface area contributed by atoms with E-state index in [1.165, 1.54) is 22.5 Å². The average Bonchev–Trinajstić information content (AvgIpc) is 3.11. The van der Waals surface area contributed by atoms with E-state index in [2.05, 4.69) is 62.2 Å². The Morgan fingerprint density at radius 2 is 1.56 bits per heavy atom. The summed E-state index contributed by atoms with van der Waals surface area (Å²) in [4.78, 5) is 15.2. The third-order valence-electron chi connectivity index (χ3n) is 5.32. The van der Waals surface area contributed by atoms with Crippen LogP contribution in [-0.2, 0) is 11.4 Å². The molecule has 0 saturated carbocycles. The number of carbonyl (C=O) groups excluding carboxylic acids is 1. The maximum Gasteiger partial charge on any atom is 0.270 e. The van der Waals surface area contributed by atoms with Gasteiger partial charge in [-0.2, -0.15) is 0 Å². The van der Waals surface area contributed by atoms with Gasteiger partial charge in [-0.15, -0.1) is 0 Å². The number of para-hydroxylation sites is 1. The second-order valence-corrected chi connectivity index (χ2v) is 11.0. The van der Waals surface area contributed by atoms with Gasteiger partial charge in [0.25, 0.3) is 5.91 Å². The van der Waals surface area contributed by atoms with Gasteiger partial charge in [0, 0.05) is 0 Å². The van der Waals surface area contributed by atoms with E-state index in [1.54, 1.807) is 4.90 Å². The molecule has 0 unspecified atom stereocenters. The van der Waals surface area contributed by atoms with Crippen LogP contribution >= 0.6 is 55.8 Å². The fourth-order valence-corrected chi connectivity index (χ4v) is 6.45. The quantitative estimate of drug-likeness (QED) is 0.168. The number of hydrogen-bond donors (Lipinski definition) is 0. The number of anilines is 1. The zero-order valence-electron chi connectivity index (χ0n) is 17.7. The van der Waals surface area contributed by atoms with Gasteiger partial charge in [-0.05, 0) is 90.2 Å². The minimum absolute atomic E-state index is 0.120. The van der Waals surface area contributed by atoms with Crippen molar-refractivity contribution in [2.75, 3.05) is 4.90 Å². The first-order valence-electron chi connectivity index (χ1n) is 10.4. The number of thiocarbonyl (C=S) groups is 1. The van der Waals surface area contributed by atoms with Gasteiger partial charge in [0.05, 0.1) is 19.5 Å². The molecule has 34 heavy (non-hydrogen) atoms. The van der Waals surface area contributed by atoms with Gasteiger partial charge >= 0.3 is 0 Å². The number of carbonyl (C=O) groups is 1. The van der Waals surface area contributed by atoms with Crippen LogP contribution < -0.4 is 9.64 Å². The lowest BCUT2D eigenvalue weighted by Crippen LogP contribution is -2.27. The van der Waals surface area contributed by atoms with Crippen molar-refractivity contribution >= 4 is 88.6 Å². The zero-order chi connectivity index (χ0) is 23.7. The highest BCUT2D eigenvalue weighted by atomic mass is 79.9. The van der Waals surface area contributed by atoms with Crippen LogP contribution in [0.25, 0.3) is 16.8 Å². The molecule has 4 aromatic carbocycles. The number of amides is 1. The largest absolute Gasteiger partial charge is 0.487 e. The van der Waals surface area contributed by atoms with Crippen molar-refractivity contribution < 1.29 is 9.53 Å². The molecule has 168 valence electrons. The van der Waals surface area contributed by atoms with E-state index in [9.17, 15) is 4.79 Å². The molecule has 4 aromatic rings. The molecule has 1 aliphatic heterocycles. The Labute approximate surface area is 224 Å². The average molecular weight is 611 g/mol. The van der Waals surface area contributed by atoms with Crippen molar-refractivity contribution in [3.05, 3.63) is 110 Å². The minimum atomic E-state index is -0.120. The summed E-state index contributed by atoms with van der Waals surface area (Å²) < 4.78 is 8.25. The number of fused-ring (bicyclic) bond motifs is 1. The smallest absolute Gasteiger partial charge is 0.270 e. The van der Waals surface area contributed by atoms with Crippen LogP contribution in [0.1, 0.15) is 11.1 Å². The van der Waals surface area contributed by atoms with Crippen LogP contribution in [-0.4, -0.2) is 10.2 Å².